The van der Waals surface area contributed by atoms with Gasteiger partial charge in [0.1, 0.15) is 0 Å². The van der Waals surface area contributed by atoms with Crippen LogP contribution in [0.5, 0.6) is 0 Å². The molecule has 8 heteroatoms. The summed E-state index contributed by atoms with van der Waals surface area (Å²) in [5.41, 5.74) is 0. The van der Waals surface area contributed by atoms with Crippen molar-refractivity contribution in [3.8, 4) is 0 Å². The van der Waals surface area contributed by atoms with Crippen LogP contribution in [0.4, 0.5) is 0 Å². The third-order valence-corrected chi connectivity index (χ3v) is 233. The van der Waals surface area contributed by atoms with Gasteiger partial charge in [0.2, 0.25) is 0 Å². The third kappa shape index (κ3) is 6.04. The van der Waals surface area contributed by atoms with Crippen molar-refractivity contribution in [1.29, 1.82) is 0 Å². The Kier molecular flexibility index (Phi) is 10.7. The molecule has 0 spiro atoms. The average molecular weight is 599 g/mol. The Labute approximate surface area is 85.8 Å². The van der Waals surface area contributed by atoms with Gasteiger partial charge in [0, 0.05) is 0 Å². The van der Waals surface area contributed by atoms with Crippen LogP contribution in [0.2, 0.25) is 0 Å². The fraction of sp³-hybridized carbons (Fsp3) is 0. The molecular weight excluding hydrogens is 599 g/mol. The Bertz CT molecular complexity index is 101. The van der Waals surface area contributed by atoms with E-state index in [0.717, 1.165) is 88.6 Å². The van der Waals surface area contributed by atoms with Crippen molar-refractivity contribution in [2.24, 2.45) is 0 Å². The first kappa shape index (κ1) is 10.5. The van der Waals surface area contributed by atoms with Gasteiger partial charge in [-0.1, -0.05) is 0 Å². The van der Waals surface area contributed by atoms with E-state index in [4.69, 9.17) is 0 Å². The minimum atomic E-state index is 1.12. The van der Waals surface area contributed by atoms with Crippen molar-refractivity contribution in [2.45, 2.75) is 0 Å². The summed E-state index contributed by atoms with van der Waals surface area (Å²) in [4.78, 5) is 0. The molecule has 0 atom stereocenters. The van der Waals surface area contributed by atoms with Gasteiger partial charge in [-0.25, -0.2) is 0 Å². The summed E-state index contributed by atoms with van der Waals surface area (Å²) in [6.45, 7) is 0. The zero-order valence-electron chi connectivity index (χ0n) is 3.58. The van der Waals surface area contributed by atoms with E-state index < -0.39 is 0 Å². The third-order valence-electron chi connectivity index (χ3n) is 0.320. The molecule has 40 valence electrons. The summed E-state index contributed by atoms with van der Waals surface area (Å²) < 4.78 is 0. The minimum absolute atomic E-state index is 1.12. The molecule has 0 saturated heterocycles. The molecule has 0 unspecified atom stereocenters. The number of hydrogen-bond acceptors (Lipinski definition) is 0. The summed E-state index contributed by atoms with van der Waals surface area (Å²) in [5.74, 6) is 0. The van der Waals surface area contributed by atoms with Crippen LogP contribution >= 0.6 is 0 Å². The van der Waals surface area contributed by atoms with Crippen LogP contribution in [0.1, 0.15) is 0 Å². The first-order chi connectivity index (χ1) is 4.00. The van der Waals surface area contributed by atoms with Gasteiger partial charge >= 0.3 is 88.6 Å². The summed E-state index contributed by atoms with van der Waals surface area (Å²) in [7, 11) is 0. The van der Waals surface area contributed by atoms with E-state index in [-0.39, 0.29) is 0 Å². The predicted octanol–water partition coefficient (Wildman–Crippen LogP) is -3.05. The number of hydrogen-bond donors (Lipinski definition) is 0. The molecule has 1 aliphatic heterocycles. The first-order valence-electron chi connectivity index (χ1n) is 1.60. The zero-order valence-corrected chi connectivity index (χ0v) is 18.6. The Morgan fingerprint density at radius 1 is 0.250 bits per heavy atom. The fourth-order valence-corrected chi connectivity index (χ4v) is 542. The van der Waals surface area contributed by atoms with Crippen LogP contribution < -0.4 is 0 Å². The Morgan fingerprint density at radius 2 is 0.375 bits per heavy atom. The van der Waals surface area contributed by atoms with Crippen molar-refractivity contribution >= 4 is 88.6 Å². The summed E-state index contributed by atoms with van der Waals surface area (Å²) >= 11 is 9.00. The van der Waals surface area contributed by atoms with Gasteiger partial charge in [0.05, 0.1) is 0 Å². The Hall–Kier alpha value is 4.47. The fourth-order valence-electron chi connectivity index (χ4n) is 0.143. The van der Waals surface area contributed by atoms with Gasteiger partial charge in [-0.15, -0.1) is 0 Å². The normalized spacial score (nSPS) is 32.0. The molecule has 0 radical (unpaired) electrons. The van der Waals surface area contributed by atoms with Crippen molar-refractivity contribution in [3.63, 3.8) is 0 Å². The molecule has 0 bridgehead atoms. The van der Waals surface area contributed by atoms with E-state index in [2.05, 4.69) is 0 Å². The van der Waals surface area contributed by atoms with Crippen LogP contribution in [0.15, 0.2) is 0 Å². The van der Waals surface area contributed by atoms with Gasteiger partial charge in [-0.05, 0) is 0 Å². The van der Waals surface area contributed by atoms with Crippen LogP contribution in [0.3, 0.4) is 0 Å². The molecule has 0 nitrogen and oxygen atoms in total. The monoisotopic (exact) mass is 599 g/mol. The van der Waals surface area contributed by atoms with E-state index in [1.54, 1.807) is 0 Å². The molecule has 0 saturated carbocycles. The van der Waals surface area contributed by atoms with E-state index in [1.807, 2.05) is 0 Å². The van der Waals surface area contributed by atoms with Crippen molar-refractivity contribution in [1.82, 2.24) is 0 Å². The second-order valence-electron chi connectivity index (χ2n) is 0.716. The molecule has 0 amide bonds. The zero-order chi connectivity index (χ0) is 5.66. The van der Waals surface area contributed by atoms with Gasteiger partial charge in [0.25, 0.3) is 0 Å². The topological polar surface area (TPSA) is 0 Å². The molecule has 1 heterocycles. The summed E-state index contributed by atoms with van der Waals surface area (Å²) in [5, 5.41) is 0. The molecule has 1 aliphatic rings. The van der Waals surface area contributed by atoms with E-state index in [9.17, 15) is 0 Å². The maximum atomic E-state index is 1.12. The van der Waals surface area contributed by atoms with E-state index in [0.29, 0.717) is 0 Å². The van der Waals surface area contributed by atoms with Crippen molar-refractivity contribution < 1.29 is 0 Å². The SMILES string of the molecule is [As]1=[As][As]=[As][As]=[As][As]=[As]1. The van der Waals surface area contributed by atoms with Gasteiger partial charge in [0.15, 0.2) is 0 Å². The van der Waals surface area contributed by atoms with Crippen LogP contribution in [0, 0.1) is 0 Å². The molecule has 8 heavy (non-hydrogen) atoms. The quantitative estimate of drug-likeness (QED) is 0.260. The molecule has 0 aliphatic carbocycles. The average Bonchev–Trinajstić information content (AvgIpc) is 1.62. The van der Waals surface area contributed by atoms with E-state index >= 15 is 0 Å². The van der Waals surface area contributed by atoms with Crippen LogP contribution in [-0.4, -0.2) is 88.6 Å². The summed E-state index contributed by atoms with van der Waals surface area (Å²) in [6, 6.07) is 0. The molecule has 0 aromatic rings. The van der Waals surface area contributed by atoms with Gasteiger partial charge in [-0.2, -0.15) is 0 Å². The Morgan fingerprint density at radius 3 is 0.500 bits per heavy atom. The van der Waals surface area contributed by atoms with Crippen molar-refractivity contribution in [2.75, 3.05) is 0 Å². The van der Waals surface area contributed by atoms with Crippen LogP contribution in [0.25, 0.3) is 0 Å². The molecule has 0 N–H and O–H groups in total. The van der Waals surface area contributed by atoms with Crippen molar-refractivity contribution in [3.05, 3.63) is 0 Å². The molecule has 0 fully saturated rings. The second-order valence-corrected chi connectivity index (χ2v) is 100. The standard InChI is InChI=1S/As8/c1-2-4-6-8-7-5-3-1. The Balaban J connectivity index is 2.67. The van der Waals surface area contributed by atoms with Gasteiger partial charge < -0.3 is 0 Å². The molecular formula is As8. The van der Waals surface area contributed by atoms with E-state index in [1.165, 1.54) is 0 Å². The van der Waals surface area contributed by atoms with Gasteiger partial charge in [-0.3, -0.25) is 0 Å². The maximum absolute atomic E-state index is 1.12. The number of rotatable bonds is 0. The first-order valence-corrected chi connectivity index (χ1v) is 43.2. The second kappa shape index (κ2) is 8.08. The molecule has 1 rings (SSSR count). The summed E-state index contributed by atoms with van der Waals surface area (Å²) in [6.07, 6.45) is 0. The predicted molar refractivity (Wildman–Crippen MR) is 46.0 cm³/mol. The molecule has 0 aromatic heterocycles. The van der Waals surface area contributed by atoms with Crippen LogP contribution in [-0.2, 0) is 0 Å². The molecule has 0 aromatic carbocycles.